The number of carbonyl (C=O) groups excluding carboxylic acids is 2. The second-order valence-corrected chi connectivity index (χ2v) is 8.97. The first-order valence-corrected chi connectivity index (χ1v) is 11.9. The lowest BCUT2D eigenvalue weighted by molar-refractivity contribution is 0.0589. The standard InChI is InChI=1S/C25H33N3O6/c1-31-21-11-17(12-22(32-2)23(21)33-3)25(30)28(18-7-5-4-6-8-18)15-19-13-20(27-34-19)24(29)26-14-16-9-10-16/h11-13,16,18H,4-10,14-15H2,1-3H3,(H,26,29). The largest absolute Gasteiger partial charge is 0.493 e. The van der Waals surface area contributed by atoms with E-state index in [0.717, 1.165) is 44.9 Å². The Hall–Kier alpha value is -3.23. The maximum Gasteiger partial charge on any atom is 0.273 e. The highest BCUT2D eigenvalue weighted by Gasteiger charge is 2.30. The highest BCUT2D eigenvalue weighted by Crippen LogP contribution is 2.39. The quantitative estimate of drug-likeness (QED) is 0.562. The number of hydrogen-bond donors (Lipinski definition) is 1. The predicted molar refractivity (Wildman–Crippen MR) is 124 cm³/mol. The summed E-state index contributed by atoms with van der Waals surface area (Å²) in [7, 11) is 4.57. The Morgan fingerprint density at radius 3 is 2.26 bits per heavy atom. The highest BCUT2D eigenvalue weighted by molar-refractivity contribution is 5.96. The summed E-state index contributed by atoms with van der Waals surface area (Å²) >= 11 is 0. The molecule has 1 N–H and O–H groups in total. The third kappa shape index (κ3) is 5.46. The van der Waals surface area contributed by atoms with Crippen LogP contribution >= 0.6 is 0 Å². The Labute approximate surface area is 199 Å². The molecule has 0 unspecified atom stereocenters. The van der Waals surface area contributed by atoms with Crippen molar-refractivity contribution in [3.8, 4) is 17.2 Å². The molecular formula is C25H33N3O6. The number of methoxy groups -OCH3 is 3. The van der Waals surface area contributed by atoms with E-state index < -0.39 is 0 Å². The van der Waals surface area contributed by atoms with Crippen molar-refractivity contribution < 1.29 is 28.3 Å². The summed E-state index contributed by atoms with van der Waals surface area (Å²) in [6, 6.07) is 5.02. The van der Waals surface area contributed by atoms with Crippen molar-refractivity contribution in [3.05, 3.63) is 35.2 Å². The molecule has 2 saturated carbocycles. The number of benzene rings is 1. The van der Waals surface area contributed by atoms with Gasteiger partial charge in [-0.05, 0) is 43.7 Å². The molecule has 1 aromatic heterocycles. The molecule has 0 spiro atoms. The van der Waals surface area contributed by atoms with Gasteiger partial charge in [-0.15, -0.1) is 0 Å². The first-order chi connectivity index (χ1) is 16.5. The van der Waals surface area contributed by atoms with Gasteiger partial charge >= 0.3 is 0 Å². The van der Waals surface area contributed by atoms with Crippen LogP contribution in [0.2, 0.25) is 0 Å². The Morgan fingerprint density at radius 1 is 1.00 bits per heavy atom. The molecule has 2 aliphatic carbocycles. The van der Waals surface area contributed by atoms with Gasteiger partial charge in [0.15, 0.2) is 23.0 Å². The minimum Gasteiger partial charge on any atom is -0.493 e. The molecule has 1 heterocycles. The van der Waals surface area contributed by atoms with Gasteiger partial charge in [0.1, 0.15) is 0 Å². The lowest BCUT2D eigenvalue weighted by atomic mass is 9.93. The summed E-state index contributed by atoms with van der Waals surface area (Å²) in [5.41, 5.74) is 0.668. The first-order valence-electron chi connectivity index (χ1n) is 11.9. The molecule has 0 radical (unpaired) electrons. The first kappa shape index (κ1) is 23.9. The van der Waals surface area contributed by atoms with Gasteiger partial charge in [-0.1, -0.05) is 24.4 Å². The third-order valence-corrected chi connectivity index (χ3v) is 6.55. The van der Waals surface area contributed by atoms with Crippen LogP contribution in [0.1, 0.15) is 71.6 Å². The van der Waals surface area contributed by atoms with E-state index >= 15 is 0 Å². The van der Waals surface area contributed by atoms with Crippen molar-refractivity contribution in [2.75, 3.05) is 27.9 Å². The van der Waals surface area contributed by atoms with Crippen LogP contribution in [-0.2, 0) is 6.54 Å². The van der Waals surface area contributed by atoms with Crippen LogP contribution in [0.4, 0.5) is 0 Å². The number of amides is 2. The average Bonchev–Trinajstić information content (AvgIpc) is 3.60. The molecule has 184 valence electrons. The van der Waals surface area contributed by atoms with E-state index in [0.29, 0.717) is 41.0 Å². The van der Waals surface area contributed by atoms with Crippen molar-refractivity contribution in [2.45, 2.75) is 57.5 Å². The Bertz CT molecular complexity index is 985. The molecular weight excluding hydrogens is 438 g/mol. The summed E-state index contributed by atoms with van der Waals surface area (Å²) in [4.78, 5) is 27.9. The predicted octanol–water partition coefficient (Wildman–Crippen LogP) is 3.82. The normalized spacial score (nSPS) is 16.1. The molecule has 0 aliphatic heterocycles. The molecule has 0 atom stereocenters. The Morgan fingerprint density at radius 2 is 1.68 bits per heavy atom. The number of aromatic nitrogens is 1. The number of ether oxygens (including phenoxy) is 3. The van der Waals surface area contributed by atoms with Gasteiger partial charge in [0.05, 0.1) is 27.9 Å². The Kier molecular flexibility index (Phi) is 7.59. The number of nitrogens with zero attached hydrogens (tertiary/aromatic N) is 2. The van der Waals surface area contributed by atoms with E-state index in [1.807, 2.05) is 4.90 Å². The van der Waals surface area contributed by atoms with Crippen molar-refractivity contribution >= 4 is 11.8 Å². The Balaban J connectivity index is 1.57. The monoisotopic (exact) mass is 471 g/mol. The minimum atomic E-state index is -0.248. The summed E-state index contributed by atoms with van der Waals surface area (Å²) < 4.78 is 21.7. The molecule has 0 bridgehead atoms. The molecule has 34 heavy (non-hydrogen) atoms. The van der Waals surface area contributed by atoms with E-state index in [1.165, 1.54) is 21.3 Å². The fourth-order valence-corrected chi connectivity index (χ4v) is 4.44. The molecule has 0 saturated heterocycles. The van der Waals surface area contributed by atoms with E-state index in [4.69, 9.17) is 18.7 Å². The molecule has 2 amide bonds. The summed E-state index contributed by atoms with van der Waals surface area (Å²) in [6.07, 6.45) is 7.44. The van der Waals surface area contributed by atoms with E-state index in [2.05, 4.69) is 10.5 Å². The molecule has 9 heteroatoms. The molecule has 2 fully saturated rings. The van der Waals surface area contributed by atoms with E-state index in [-0.39, 0.29) is 30.1 Å². The van der Waals surface area contributed by atoms with Crippen molar-refractivity contribution in [2.24, 2.45) is 5.92 Å². The zero-order chi connectivity index (χ0) is 24.1. The van der Waals surface area contributed by atoms with Gasteiger partial charge in [-0.25, -0.2) is 0 Å². The fraction of sp³-hybridized carbons (Fsp3) is 0.560. The lowest BCUT2D eigenvalue weighted by Gasteiger charge is -2.34. The summed E-state index contributed by atoms with van der Waals surface area (Å²) in [6.45, 7) is 0.887. The maximum atomic E-state index is 13.7. The molecule has 4 rings (SSSR count). The number of hydrogen-bond acceptors (Lipinski definition) is 7. The second-order valence-electron chi connectivity index (χ2n) is 8.97. The summed E-state index contributed by atoms with van der Waals surface area (Å²) in [5.74, 6) is 1.91. The number of rotatable bonds is 10. The maximum absolute atomic E-state index is 13.7. The average molecular weight is 472 g/mol. The van der Waals surface area contributed by atoms with Crippen molar-refractivity contribution in [1.82, 2.24) is 15.4 Å². The smallest absolute Gasteiger partial charge is 0.273 e. The van der Waals surface area contributed by atoms with Crippen LogP contribution in [0.5, 0.6) is 17.2 Å². The molecule has 2 aromatic rings. The van der Waals surface area contributed by atoms with Crippen LogP contribution in [0.15, 0.2) is 22.7 Å². The third-order valence-electron chi connectivity index (χ3n) is 6.55. The van der Waals surface area contributed by atoms with Crippen LogP contribution in [0.3, 0.4) is 0 Å². The molecule has 9 nitrogen and oxygen atoms in total. The van der Waals surface area contributed by atoms with E-state index in [9.17, 15) is 9.59 Å². The van der Waals surface area contributed by atoms with Crippen molar-refractivity contribution in [3.63, 3.8) is 0 Å². The van der Waals surface area contributed by atoms with Crippen LogP contribution < -0.4 is 19.5 Å². The van der Waals surface area contributed by atoms with Crippen LogP contribution in [-0.4, -0.2) is 55.8 Å². The fourth-order valence-electron chi connectivity index (χ4n) is 4.44. The van der Waals surface area contributed by atoms with Gasteiger partial charge in [0, 0.05) is 24.2 Å². The molecule has 2 aliphatic rings. The van der Waals surface area contributed by atoms with Crippen molar-refractivity contribution in [1.29, 1.82) is 0 Å². The lowest BCUT2D eigenvalue weighted by Crippen LogP contribution is -2.41. The van der Waals surface area contributed by atoms with Gasteiger partial charge in [0.25, 0.3) is 11.8 Å². The number of carbonyl (C=O) groups is 2. The van der Waals surface area contributed by atoms with Crippen LogP contribution in [0, 0.1) is 5.92 Å². The minimum absolute atomic E-state index is 0.0672. The van der Waals surface area contributed by atoms with Gasteiger partial charge < -0.3 is 29.0 Å². The summed E-state index contributed by atoms with van der Waals surface area (Å²) in [5, 5.41) is 6.83. The second kappa shape index (κ2) is 10.8. The van der Waals surface area contributed by atoms with Crippen LogP contribution in [0.25, 0.3) is 0 Å². The zero-order valence-corrected chi connectivity index (χ0v) is 20.1. The SMILES string of the molecule is COc1cc(C(=O)N(Cc2cc(C(=O)NCC3CC3)no2)C2CCCCC2)cc(OC)c1OC. The van der Waals surface area contributed by atoms with Gasteiger partial charge in [-0.3, -0.25) is 9.59 Å². The number of nitrogens with one attached hydrogen (secondary N) is 1. The molecule has 1 aromatic carbocycles. The van der Waals surface area contributed by atoms with Gasteiger partial charge in [-0.2, -0.15) is 0 Å². The van der Waals surface area contributed by atoms with Gasteiger partial charge in [0.2, 0.25) is 5.75 Å². The highest BCUT2D eigenvalue weighted by atomic mass is 16.5. The topological polar surface area (TPSA) is 103 Å². The zero-order valence-electron chi connectivity index (χ0n) is 20.1. The van der Waals surface area contributed by atoms with E-state index in [1.54, 1.807) is 18.2 Å².